The second kappa shape index (κ2) is 7.55. The van der Waals surface area contributed by atoms with Gasteiger partial charge in [0.25, 0.3) is 0 Å². The van der Waals surface area contributed by atoms with Crippen LogP contribution < -0.4 is 10.1 Å². The van der Waals surface area contributed by atoms with E-state index in [0.717, 1.165) is 35.1 Å². The van der Waals surface area contributed by atoms with Crippen LogP contribution in [0.5, 0.6) is 5.75 Å². The van der Waals surface area contributed by atoms with E-state index in [2.05, 4.69) is 5.32 Å². The van der Waals surface area contributed by atoms with Crippen molar-refractivity contribution in [3.63, 3.8) is 0 Å². The third-order valence-electron chi connectivity index (χ3n) is 4.82. The number of carbonyl (C=O) groups excluding carboxylic acids is 2. The van der Waals surface area contributed by atoms with Crippen LogP contribution in [0.15, 0.2) is 36.4 Å². The SMILES string of the molecule is COc1ccc2cc([C@H](C)C(=O)NCCN3CCCC3=O)ccc2c1. The first kappa shape index (κ1) is 17.3. The van der Waals surface area contributed by atoms with Crippen molar-refractivity contribution in [3.05, 3.63) is 42.0 Å². The number of nitrogens with one attached hydrogen (secondary N) is 1. The highest BCUT2D eigenvalue weighted by atomic mass is 16.5. The van der Waals surface area contributed by atoms with Crippen LogP contribution in [0.1, 0.15) is 31.2 Å². The fourth-order valence-corrected chi connectivity index (χ4v) is 3.20. The van der Waals surface area contributed by atoms with Crippen LogP contribution in [0, 0.1) is 0 Å². The lowest BCUT2D eigenvalue weighted by atomic mass is 9.97. The zero-order valence-electron chi connectivity index (χ0n) is 14.7. The normalized spacial score (nSPS) is 15.4. The molecule has 2 amide bonds. The third-order valence-corrected chi connectivity index (χ3v) is 4.82. The Morgan fingerprint density at radius 1 is 1.24 bits per heavy atom. The Balaban J connectivity index is 1.61. The van der Waals surface area contributed by atoms with Crippen LogP contribution in [-0.4, -0.2) is 43.5 Å². The van der Waals surface area contributed by atoms with Crippen molar-refractivity contribution in [1.82, 2.24) is 10.2 Å². The minimum atomic E-state index is -0.235. The molecule has 1 saturated heterocycles. The van der Waals surface area contributed by atoms with Crippen LogP contribution in [0.3, 0.4) is 0 Å². The number of nitrogens with zero attached hydrogens (tertiary/aromatic N) is 1. The first-order chi connectivity index (χ1) is 12.1. The average Bonchev–Trinajstić information content (AvgIpc) is 3.05. The predicted octanol–water partition coefficient (Wildman–Crippen LogP) is 2.69. The van der Waals surface area contributed by atoms with Gasteiger partial charge in [0.15, 0.2) is 0 Å². The van der Waals surface area contributed by atoms with Crippen LogP contribution >= 0.6 is 0 Å². The second-order valence-corrected chi connectivity index (χ2v) is 6.47. The van der Waals surface area contributed by atoms with Gasteiger partial charge in [-0.15, -0.1) is 0 Å². The molecular weight excluding hydrogens is 316 g/mol. The van der Waals surface area contributed by atoms with Crippen molar-refractivity contribution in [3.8, 4) is 5.75 Å². The molecule has 1 atom stereocenters. The lowest BCUT2D eigenvalue weighted by Crippen LogP contribution is -2.37. The number of likely N-dealkylation sites (tertiary alicyclic amines) is 1. The Morgan fingerprint density at radius 2 is 2.00 bits per heavy atom. The van der Waals surface area contributed by atoms with E-state index in [1.54, 1.807) is 7.11 Å². The molecule has 0 bridgehead atoms. The average molecular weight is 340 g/mol. The van der Waals surface area contributed by atoms with E-state index in [-0.39, 0.29) is 17.7 Å². The summed E-state index contributed by atoms with van der Waals surface area (Å²) < 4.78 is 5.24. The maximum atomic E-state index is 12.4. The molecule has 0 spiro atoms. The van der Waals surface area contributed by atoms with Gasteiger partial charge < -0.3 is 15.0 Å². The molecule has 1 heterocycles. The number of ether oxygens (including phenoxy) is 1. The van der Waals surface area contributed by atoms with E-state index in [9.17, 15) is 9.59 Å². The summed E-state index contributed by atoms with van der Waals surface area (Å²) in [6.07, 6.45) is 1.55. The number of hydrogen-bond acceptors (Lipinski definition) is 3. The van der Waals surface area contributed by atoms with Gasteiger partial charge in [-0.25, -0.2) is 0 Å². The van der Waals surface area contributed by atoms with Crippen molar-refractivity contribution >= 4 is 22.6 Å². The first-order valence-electron chi connectivity index (χ1n) is 8.71. The van der Waals surface area contributed by atoms with Gasteiger partial charge in [0.05, 0.1) is 13.0 Å². The number of rotatable bonds is 6. The third kappa shape index (κ3) is 3.92. The van der Waals surface area contributed by atoms with E-state index in [1.165, 1.54) is 0 Å². The summed E-state index contributed by atoms with van der Waals surface area (Å²) in [4.78, 5) is 25.8. The molecule has 3 rings (SSSR count). The number of amides is 2. The molecule has 0 saturated carbocycles. The van der Waals surface area contributed by atoms with Crippen molar-refractivity contribution in [2.75, 3.05) is 26.7 Å². The Morgan fingerprint density at radius 3 is 2.72 bits per heavy atom. The fraction of sp³-hybridized carbons (Fsp3) is 0.400. The quantitative estimate of drug-likeness (QED) is 0.879. The molecule has 25 heavy (non-hydrogen) atoms. The van der Waals surface area contributed by atoms with Crippen molar-refractivity contribution < 1.29 is 14.3 Å². The van der Waals surface area contributed by atoms with Gasteiger partial charge in [0.2, 0.25) is 11.8 Å². The molecule has 1 aliphatic heterocycles. The Kier molecular flexibility index (Phi) is 5.22. The summed E-state index contributed by atoms with van der Waals surface area (Å²) in [5, 5.41) is 5.11. The van der Waals surface area contributed by atoms with E-state index < -0.39 is 0 Å². The molecule has 0 radical (unpaired) electrons. The molecule has 132 valence electrons. The summed E-state index contributed by atoms with van der Waals surface area (Å²) in [7, 11) is 1.65. The van der Waals surface area contributed by atoms with Crippen LogP contribution in [0.25, 0.3) is 10.8 Å². The molecule has 1 N–H and O–H groups in total. The molecular formula is C20H24N2O3. The highest BCUT2D eigenvalue weighted by Gasteiger charge is 2.20. The van der Waals surface area contributed by atoms with Gasteiger partial charge in [0, 0.05) is 26.1 Å². The second-order valence-electron chi connectivity index (χ2n) is 6.47. The summed E-state index contributed by atoms with van der Waals surface area (Å²) in [5.41, 5.74) is 0.979. The maximum absolute atomic E-state index is 12.4. The molecule has 0 aromatic heterocycles. The van der Waals surface area contributed by atoms with Crippen LogP contribution in [0.2, 0.25) is 0 Å². The number of benzene rings is 2. The zero-order valence-corrected chi connectivity index (χ0v) is 14.7. The minimum Gasteiger partial charge on any atom is -0.497 e. The number of methoxy groups -OCH3 is 1. The largest absolute Gasteiger partial charge is 0.497 e. The van der Waals surface area contributed by atoms with Crippen molar-refractivity contribution in [2.45, 2.75) is 25.7 Å². The number of hydrogen-bond donors (Lipinski definition) is 1. The monoisotopic (exact) mass is 340 g/mol. The summed E-state index contributed by atoms with van der Waals surface area (Å²) in [6.45, 7) is 3.80. The lowest BCUT2D eigenvalue weighted by molar-refractivity contribution is -0.128. The fourth-order valence-electron chi connectivity index (χ4n) is 3.20. The zero-order chi connectivity index (χ0) is 17.8. The Hall–Kier alpha value is -2.56. The topological polar surface area (TPSA) is 58.6 Å². The van der Waals surface area contributed by atoms with E-state index in [0.29, 0.717) is 19.5 Å². The molecule has 1 aliphatic rings. The number of fused-ring (bicyclic) bond motifs is 1. The molecule has 2 aromatic carbocycles. The van der Waals surface area contributed by atoms with Crippen molar-refractivity contribution in [1.29, 1.82) is 0 Å². The Labute approximate surface area is 148 Å². The minimum absolute atomic E-state index is 0.0143. The van der Waals surface area contributed by atoms with E-state index >= 15 is 0 Å². The molecule has 0 aliphatic carbocycles. The molecule has 5 heteroatoms. The Bertz CT molecular complexity index is 788. The first-order valence-corrected chi connectivity index (χ1v) is 8.71. The number of carbonyl (C=O) groups is 2. The van der Waals surface area contributed by atoms with Gasteiger partial charge in [0.1, 0.15) is 5.75 Å². The summed E-state index contributed by atoms with van der Waals surface area (Å²) in [5.74, 6) is 0.759. The molecule has 2 aromatic rings. The molecule has 1 fully saturated rings. The van der Waals surface area contributed by atoms with Gasteiger partial charge in [-0.3, -0.25) is 9.59 Å². The standard InChI is InChI=1S/C20H24N2O3/c1-14(20(24)21-9-11-22-10-3-4-19(22)23)15-5-6-17-13-18(25-2)8-7-16(17)12-15/h5-8,12-14H,3-4,9-11H2,1-2H3,(H,21,24)/t14-/m0/s1. The summed E-state index contributed by atoms with van der Waals surface area (Å²) in [6, 6.07) is 11.9. The predicted molar refractivity (Wildman–Crippen MR) is 97.7 cm³/mol. The lowest BCUT2D eigenvalue weighted by Gasteiger charge is -2.17. The van der Waals surface area contributed by atoms with Gasteiger partial charge in [-0.05, 0) is 41.8 Å². The van der Waals surface area contributed by atoms with E-state index in [1.807, 2.05) is 48.2 Å². The molecule has 5 nitrogen and oxygen atoms in total. The highest BCUT2D eigenvalue weighted by Crippen LogP contribution is 2.25. The van der Waals surface area contributed by atoms with Crippen LogP contribution in [-0.2, 0) is 9.59 Å². The van der Waals surface area contributed by atoms with Crippen molar-refractivity contribution in [2.24, 2.45) is 0 Å². The van der Waals surface area contributed by atoms with Gasteiger partial charge in [-0.2, -0.15) is 0 Å². The van der Waals surface area contributed by atoms with Gasteiger partial charge >= 0.3 is 0 Å². The van der Waals surface area contributed by atoms with E-state index in [4.69, 9.17) is 4.74 Å². The maximum Gasteiger partial charge on any atom is 0.227 e. The summed E-state index contributed by atoms with van der Waals surface area (Å²) >= 11 is 0. The van der Waals surface area contributed by atoms with Crippen LogP contribution in [0.4, 0.5) is 0 Å². The smallest absolute Gasteiger partial charge is 0.227 e. The molecule has 0 unspecified atom stereocenters. The highest BCUT2D eigenvalue weighted by molar-refractivity contribution is 5.88. The van der Waals surface area contributed by atoms with Gasteiger partial charge in [-0.1, -0.05) is 24.3 Å².